The SMILES string of the molecule is Fc1ccc(CNc2ccccc2-n2ccnn2)cc1Cl. The molecule has 21 heavy (non-hydrogen) atoms. The second-order valence-electron chi connectivity index (χ2n) is 4.47. The Morgan fingerprint density at radius 3 is 2.81 bits per heavy atom. The van der Waals surface area contributed by atoms with Crippen LogP contribution in [-0.4, -0.2) is 15.0 Å². The van der Waals surface area contributed by atoms with Gasteiger partial charge in [0.15, 0.2) is 0 Å². The van der Waals surface area contributed by atoms with Crippen LogP contribution >= 0.6 is 11.6 Å². The van der Waals surface area contributed by atoms with Crippen LogP contribution in [0.5, 0.6) is 0 Å². The second-order valence-corrected chi connectivity index (χ2v) is 4.87. The molecule has 6 heteroatoms. The molecular formula is C15H12ClFN4. The molecular weight excluding hydrogens is 291 g/mol. The summed E-state index contributed by atoms with van der Waals surface area (Å²) in [5.41, 5.74) is 2.70. The maximum Gasteiger partial charge on any atom is 0.141 e. The molecule has 0 fully saturated rings. The Balaban J connectivity index is 1.81. The molecule has 0 saturated carbocycles. The van der Waals surface area contributed by atoms with Crippen LogP contribution < -0.4 is 5.32 Å². The standard InChI is InChI=1S/C15H12ClFN4/c16-12-9-11(5-6-13(12)17)10-18-14-3-1-2-4-15(14)21-8-7-19-20-21/h1-9,18H,10H2. The summed E-state index contributed by atoms with van der Waals surface area (Å²) < 4.78 is 14.8. The molecule has 1 aromatic heterocycles. The van der Waals surface area contributed by atoms with Crippen molar-refractivity contribution < 1.29 is 4.39 Å². The lowest BCUT2D eigenvalue weighted by molar-refractivity contribution is 0.627. The Morgan fingerprint density at radius 1 is 1.19 bits per heavy atom. The number of rotatable bonds is 4. The van der Waals surface area contributed by atoms with Crippen molar-refractivity contribution in [3.63, 3.8) is 0 Å². The van der Waals surface area contributed by atoms with Gasteiger partial charge in [-0.2, -0.15) is 0 Å². The largest absolute Gasteiger partial charge is 0.379 e. The number of halogens is 2. The molecule has 0 aliphatic rings. The molecule has 0 aliphatic carbocycles. The second kappa shape index (κ2) is 5.93. The molecule has 106 valence electrons. The summed E-state index contributed by atoms with van der Waals surface area (Å²) in [5, 5.41) is 11.2. The smallest absolute Gasteiger partial charge is 0.141 e. The lowest BCUT2D eigenvalue weighted by atomic mass is 10.2. The zero-order valence-electron chi connectivity index (χ0n) is 11.0. The summed E-state index contributed by atoms with van der Waals surface area (Å²) in [7, 11) is 0. The van der Waals surface area contributed by atoms with Crippen molar-refractivity contribution in [1.82, 2.24) is 15.0 Å². The number of nitrogens with zero attached hydrogens (tertiary/aromatic N) is 3. The van der Waals surface area contributed by atoms with Crippen LogP contribution in [0.15, 0.2) is 54.9 Å². The molecule has 0 atom stereocenters. The average molecular weight is 303 g/mol. The number of benzene rings is 2. The van der Waals surface area contributed by atoms with Crippen LogP contribution in [0, 0.1) is 5.82 Å². The van der Waals surface area contributed by atoms with E-state index in [0.29, 0.717) is 6.54 Å². The molecule has 0 spiro atoms. The summed E-state index contributed by atoms with van der Waals surface area (Å²) in [4.78, 5) is 0. The minimum Gasteiger partial charge on any atom is -0.379 e. The van der Waals surface area contributed by atoms with Gasteiger partial charge in [-0.3, -0.25) is 0 Å². The number of anilines is 1. The highest BCUT2D eigenvalue weighted by Crippen LogP contribution is 2.21. The highest BCUT2D eigenvalue weighted by atomic mass is 35.5. The monoisotopic (exact) mass is 302 g/mol. The van der Waals surface area contributed by atoms with Gasteiger partial charge in [-0.15, -0.1) is 5.10 Å². The molecule has 1 heterocycles. The third-order valence-electron chi connectivity index (χ3n) is 3.04. The number of para-hydroxylation sites is 2. The van der Waals surface area contributed by atoms with Crippen LogP contribution in [0.4, 0.5) is 10.1 Å². The van der Waals surface area contributed by atoms with Crippen molar-refractivity contribution in [2.45, 2.75) is 6.54 Å². The number of hydrogen-bond acceptors (Lipinski definition) is 3. The van der Waals surface area contributed by atoms with E-state index in [0.717, 1.165) is 16.9 Å². The Morgan fingerprint density at radius 2 is 2.05 bits per heavy atom. The zero-order valence-corrected chi connectivity index (χ0v) is 11.8. The van der Waals surface area contributed by atoms with Crippen molar-refractivity contribution >= 4 is 17.3 Å². The van der Waals surface area contributed by atoms with E-state index in [2.05, 4.69) is 15.6 Å². The van der Waals surface area contributed by atoms with Gasteiger partial charge in [0, 0.05) is 6.54 Å². The first-order valence-electron chi connectivity index (χ1n) is 6.37. The summed E-state index contributed by atoms with van der Waals surface area (Å²) in [6.45, 7) is 0.533. The Bertz CT molecular complexity index is 743. The first kappa shape index (κ1) is 13.6. The van der Waals surface area contributed by atoms with E-state index in [1.54, 1.807) is 29.2 Å². The number of nitrogens with one attached hydrogen (secondary N) is 1. The molecule has 0 saturated heterocycles. The maximum absolute atomic E-state index is 13.1. The van der Waals surface area contributed by atoms with E-state index >= 15 is 0 Å². The first-order chi connectivity index (χ1) is 10.2. The van der Waals surface area contributed by atoms with Gasteiger partial charge in [-0.25, -0.2) is 9.07 Å². The first-order valence-corrected chi connectivity index (χ1v) is 6.75. The lowest BCUT2D eigenvalue weighted by Gasteiger charge is -2.11. The van der Waals surface area contributed by atoms with Crippen molar-refractivity contribution in [1.29, 1.82) is 0 Å². The third-order valence-corrected chi connectivity index (χ3v) is 3.33. The minimum absolute atomic E-state index is 0.124. The molecule has 4 nitrogen and oxygen atoms in total. The van der Waals surface area contributed by atoms with Gasteiger partial charge in [0.05, 0.1) is 28.8 Å². The minimum atomic E-state index is -0.413. The lowest BCUT2D eigenvalue weighted by Crippen LogP contribution is -2.05. The summed E-state index contributed by atoms with van der Waals surface area (Å²) >= 11 is 5.78. The molecule has 2 aromatic carbocycles. The summed E-state index contributed by atoms with van der Waals surface area (Å²) in [6, 6.07) is 12.4. The molecule has 1 N–H and O–H groups in total. The predicted molar refractivity (Wildman–Crippen MR) is 80.1 cm³/mol. The number of aromatic nitrogens is 3. The third kappa shape index (κ3) is 3.03. The van der Waals surface area contributed by atoms with E-state index in [1.807, 2.05) is 24.3 Å². The van der Waals surface area contributed by atoms with Crippen LogP contribution in [0.3, 0.4) is 0 Å². The van der Waals surface area contributed by atoms with Crippen molar-refractivity contribution in [2.75, 3.05) is 5.32 Å². The molecule has 0 unspecified atom stereocenters. The van der Waals surface area contributed by atoms with Crippen molar-refractivity contribution in [3.05, 3.63) is 71.3 Å². The van der Waals surface area contributed by atoms with Crippen molar-refractivity contribution in [3.8, 4) is 5.69 Å². The average Bonchev–Trinajstić information content (AvgIpc) is 3.03. The number of hydrogen-bond donors (Lipinski definition) is 1. The fourth-order valence-corrected chi connectivity index (χ4v) is 2.21. The van der Waals surface area contributed by atoms with Gasteiger partial charge in [-0.1, -0.05) is 35.0 Å². The molecule has 0 aliphatic heterocycles. The van der Waals surface area contributed by atoms with E-state index < -0.39 is 5.82 Å². The quantitative estimate of drug-likeness (QED) is 0.799. The van der Waals surface area contributed by atoms with E-state index in [9.17, 15) is 4.39 Å². The Kier molecular flexibility index (Phi) is 3.83. The maximum atomic E-state index is 13.1. The predicted octanol–water partition coefficient (Wildman–Crippen LogP) is 3.67. The van der Waals surface area contributed by atoms with Gasteiger partial charge in [0.2, 0.25) is 0 Å². The van der Waals surface area contributed by atoms with E-state index in [1.165, 1.54) is 6.07 Å². The fourth-order valence-electron chi connectivity index (χ4n) is 2.01. The van der Waals surface area contributed by atoms with Gasteiger partial charge in [0.1, 0.15) is 5.82 Å². The molecule has 0 radical (unpaired) electrons. The van der Waals surface area contributed by atoms with Crippen molar-refractivity contribution in [2.24, 2.45) is 0 Å². The molecule has 3 aromatic rings. The Hall–Kier alpha value is -2.40. The van der Waals surface area contributed by atoms with Crippen LogP contribution in [-0.2, 0) is 6.54 Å². The van der Waals surface area contributed by atoms with Crippen LogP contribution in [0.1, 0.15) is 5.56 Å². The fraction of sp³-hybridized carbons (Fsp3) is 0.0667. The molecule has 0 amide bonds. The molecule has 3 rings (SSSR count). The van der Waals surface area contributed by atoms with Gasteiger partial charge < -0.3 is 5.32 Å². The molecule has 0 bridgehead atoms. The van der Waals surface area contributed by atoms with Gasteiger partial charge >= 0.3 is 0 Å². The van der Waals surface area contributed by atoms with Crippen LogP contribution in [0.25, 0.3) is 5.69 Å². The Labute approximate surface area is 126 Å². The van der Waals surface area contributed by atoms with Gasteiger partial charge in [-0.05, 0) is 29.8 Å². The van der Waals surface area contributed by atoms with E-state index in [-0.39, 0.29) is 5.02 Å². The van der Waals surface area contributed by atoms with E-state index in [4.69, 9.17) is 11.6 Å². The highest BCUT2D eigenvalue weighted by Gasteiger charge is 2.05. The summed E-state index contributed by atoms with van der Waals surface area (Å²) in [6.07, 6.45) is 3.39. The normalized spacial score (nSPS) is 10.6. The van der Waals surface area contributed by atoms with Gasteiger partial charge in [0.25, 0.3) is 0 Å². The topological polar surface area (TPSA) is 42.7 Å². The highest BCUT2D eigenvalue weighted by molar-refractivity contribution is 6.30. The zero-order chi connectivity index (χ0) is 14.7. The van der Waals surface area contributed by atoms with Crippen LogP contribution in [0.2, 0.25) is 5.02 Å². The summed E-state index contributed by atoms with van der Waals surface area (Å²) in [5.74, 6) is -0.413.